The Morgan fingerprint density at radius 3 is 2.91 bits per heavy atom. The lowest BCUT2D eigenvalue weighted by atomic mass is 9.91. The number of hydrogen-bond acceptors (Lipinski definition) is 5. The molecule has 0 spiro atoms. The van der Waals surface area contributed by atoms with Crippen molar-refractivity contribution in [2.45, 2.75) is 39.2 Å². The molecule has 6 heteroatoms. The lowest BCUT2D eigenvalue weighted by Gasteiger charge is -2.38. The molecule has 1 aliphatic heterocycles. The van der Waals surface area contributed by atoms with E-state index in [9.17, 15) is 0 Å². The van der Waals surface area contributed by atoms with E-state index in [1.165, 1.54) is 0 Å². The third-order valence-electron chi connectivity index (χ3n) is 4.22. The minimum absolute atomic E-state index is 0.161. The first-order chi connectivity index (χ1) is 10.6. The number of nitrogen functional groups attached to an aromatic ring is 1. The van der Waals surface area contributed by atoms with Crippen molar-refractivity contribution in [1.82, 2.24) is 9.97 Å². The van der Waals surface area contributed by atoms with Gasteiger partial charge in [0.2, 0.25) is 5.95 Å². The molecule has 2 N–H and O–H groups in total. The lowest BCUT2D eigenvalue weighted by molar-refractivity contribution is 0.321. The van der Waals surface area contributed by atoms with Gasteiger partial charge in [0, 0.05) is 19.0 Å². The SMILES string of the molecule is CCc1ccc(C2CC(C)CCN2c2cc(Cl)nc(N)n2)o1. The third kappa shape index (κ3) is 3.04. The third-order valence-corrected chi connectivity index (χ3v) is 4.41. The second-order valence-corrected chi connectivity index (χ2v) is 6.29. The summed E-state index contributed by atoms with van der Waals surface area (Å²) in [6.07, 6.45) is 3.03. The Kier molecular flexibility index (Phi) is 4.25. The van der Waals surface area contributed by atoms with Crippen LogP contribution >= 0.6 is 11.6 Å². The fourth-order valence-electron chi connectivity index (χ4n) is 3.02. The van der Waals surface area contributed by atoms with Gasteiger partial charge in [-0.05, 0) is 30.9 Å². The number of aryl methyl sites for hydroxylation is 1. The van der Waals surface area contributed by atoms with E-state index in [2.05, 4.69) is 34.8 Å². The van der Waals surface area contributed by atoms with Crippen LogP contribution in [0.2, 0.25) is 5.15 Å². The Bertz CT molecular complexity index is 637. The molecule has 1 saturated heterocycles. The van der Waals surface area contributed by atoms with Gasteiger partial charge < -0.3 is 15.1 Å². The molecule has 1 fully saturated rings. The number of anilines is 2. The van der Waals surface area contributed by atoms with E-state index in [0.29, 0.717) is 11.1 Å². The molecule has 118 valence electrons. The van der Waals surface area contributed by atoms with Crippen LogP contribution in [-0.2, 0) is 6.42 Å². The summed E-state index contributed by atoms with van der Waals surface area (Å²) in [6.45, 7) is 5.27. The highest BCUT2D eigenvalue weighted by Gasteiger charge is 2.31. The van der Waals surface area contributed by atoms with E-state index in [-0.39, 0.29) is 12.0 Å². The first-order valence-corrected chi connectivity index (χ1v) is 8.10. The summed E-state index contributed by atoms with van der Waals surface area (Å²) in [5.41, 5.74) is 5.75. The number of aromatic nitrogens is 2. The van der Waals surface area contributed by atoms with Gasteiger partial charge >= 0.3 is 0 Å². The number of furan rings is 1. The van der Waals surface area contributed by atoms with E-state index in [0.717, 1.165) is 43.1 Å². The maximum Gasteiger partial charge on any atom is 0.223 e. The minimum Gasteiger partial charge on any atom is -0.464 e. The van der Waals surface area contributed by atoms with Gasteiger partial charge in [0.05, 0.1) is 6.04 Å². The number of nitrogens with zero attached hydrogens (tertiary/aromatic N) is 3. The number of hydrogen-bond donors (Lipinski definition) is 1. The fraction of sp³-hybridized carbons (Fsp3) is 0.500. The van der Waals surface area contributed by atoms with Crippen molar-refractivity contribution in [2.75, 3.05) is 17.2 Å². The van der Waals surface area contributed by atoms with E-state index in [1.807, 2.05) is 6.07 Å². The van der Waals surface area contributed by atoms with Crippen molar-refractivity contribution in [3.8, 4) is 0 Å². The Labute approximate surface area is 135 Å². The molecule has 3 rings (SSSR count). The second kappa shape index (κ2) is 6.16. The zero-order valence-corrected chi connectivity index (χ0v) is 13.7. The Morgan fingerprint density at radius 1 is 1.41 bits per heavy atom. The van der Waals surface area contributed by atoms with Crippen LogP contribution in [0.25, 0.3) is 0 Å². The van der Waals surface area contributed by atoms with Gasteiger partial charge in [-0.3, -0.25) is 0 Å². The first kappa shape index (κ1) is 15.2. The zero-order chi connectivity index (χ0) is 15.7. The van der Waals surface area contributed by atoms with Crippen LogP contribution in [0.4, 0.5) is 11.8 Å². The second-order valence-electron chi connectivity index (χ2n) is 5.90. The van der Waals surface area contributed by atoms with Gasteiger partial charge in [0.15, 0.2) is 0 Å². The van der Waals surface area contributed by atoms with Crippen molar-refractivity contribution in [3.05, 3.63) is 34.9 Å². The average Bonchev–Trinajstić information content (AvgIpc) is 2.95. The molecule has 2 aromatic rings. The molecule has 0 aliphatic carbocycles. The highest BCUT2D eigenvalue weighted by molar-refractivity contribution is 6.29. The van der Waals surface area contributed by atoms with Gasteiger partial charge in [0.1, 0.15) is 22.5 Å². The van der Waals surface area contributed by atoms with Crippen molar-refractivity contribution < 1.29 is 4.42 Å². The number of halogens is 1. The molecule has 5 nitrogen and oxygen atoms in total. The summed E-state index contributed by atoms with van der Waals surface area (Å²) in [5, 5.41) is 0.369. The molecule has 2 unspecified atom stereocenters. The van der Waals surface area contributed by atoms with Crippen molar-refractivity contribution in [1.29, 1.82) is 0 Å². The molecule has 2 aromatic heterocycles. The molecule has 0 bridgehead atoms. The highest BCUT2D eigenvalue weighted by atomic mass is 35.5. The lowest BCUT2D eigenvalue weighted by Crippen LogP contribution is -2.36. The number of nitrogens with two attached hydrogens (primary N) is 1. The van der Waals surface area contributed by atoms with Gasteiger partial charge in [-0.25, -0.2) is 4.98 Å². The molecule has 0 radical (unpaired) electrons. The molecule has 2 atom stereocenters. The van der Waals surface area contributed by atoms with Crippen LogP contribution in [0.3, 0.4) is 0 Å². The molecular weight excluding hydrogens is 300 g/mol. The largest absolute Gasteiger partial charge is 0.464 e. The van der Waals surface area contributed by atoms with Crippen LogP contribution < -0.4 is 10.6 Å². The summed E-state index contributed by atoms with van der Waals surface area (Å²) in [4.78, 5) is 10.5. The maximum absolute atomic E-state index is 6.04. The average molecular weight is 321 g/mol. The molecule has 22 heavy (non-hydrogen) atoms. The van der Waals surface area contributed by atoms with Crippen LogP contribution in [0, 0.1) is 5.92 Å². The van der Waals surface area contributed by atoms with Crippen molar-refractivity contribution >= 4 is 23.4 Å². The quantitative estimate of drug-likeness (QED) is 0.870. The Morgan fingerprint density at radius 2 is 2.23 bits per heavy atom. The normalized spacial score (nSPS) is 22.0. The van der Waals surface area contributed by atoms with E-state index in [1.54, 1.807) is 6.07 Å². The highest BCUT2D eigenvalue weighted by Crippen LogP contribution is 2.38. The molecular formula is C16H21ClN4O. The van der Waals surface area contributed by atoms with Crippen LogP contribution in [0.15, 0.2) is 22.6 Å². The Balaban J connectivity index is 1.95. The summed E-state index contributed by atoms with van der Waals surface area (Å²) in [6, 6.07) is 6.05. The summed E-state index contributed by atoms with van der Waals surface area (Å²) >= 11 is 6.04. The molecule has 0 amide bonds. The number of rotatable bonds is 3. The van der Waals surface area contributed by atoms with Gasteiger partial charge in [-0.2, -0.15) is 4.98 Å². The van der Waals surface area contributed by atoms with Gasteiger partial charge in [-0.1, -0.05) is 25.4 Å². The molecule has 1 aliphatic rings. The monoisotopic (exact) mass is 320 g/mol. The van der Waals surface area contributed by atoms with Gasteiger partial charge in [0.25, 0.3) is 0 Å². The topological polar surface area (TPSA) is 68.2 Å². The Hall–Kier alpha value is -1.75. The molecule has 0 aromatic carbocycles. The standard InChI is InChI=1S/C16H21ClN4O/c1-3-11-4-5-13(22-11)12-8-10(2)6-7-21(12)15-9-14(17)19-16(18)20-15/h4-5,9-10,12H,3,6-8H2,1-2H3,(H2,18,19,20). The van der Waals surface area contributed by atoms with E-state index >= 15 is 0 Å². The predicted molar refractivity (Wildman–Crippen MR) is 88.0 cm³/mol. The summed E-state index contributed by atoms with van der Waals surface area (Å²) < 4.78 is 5.98. The minimum atomic E-state index is 0.161. The zero-order valence-electron chi connectivity index (χ0n) is 12.9. The molecule has 0 saturated carbocycles. The van der Waals surface area contributed by atoms with Crippen LogP contribution in [0.1, 0.15) is 44.3 Å². The van der Waals surface area contributed by atoms with Crippen molar-refractivity contribution in [3.63, 3.8) is 0 Å². The fourth-order valence-corrected chi connectivity index (χ4v) is 3.20. The van der Waals surface area contributed by atoms with Crippen molar-refractivity contribution in [2.24, 2.45) is 5.92 Å². The molecule has 3 heterocycles. The summed E-state index contributed by atoms with van der Waals surface area (Å²) in [7, 11) is 0. The number of piperidine rings is 1. The van der Waals surface area contributed by atoms with E-state index < -0.39 is 0 Å². The summed E-state index contributed by atoms with van der Waals surface area (Å²) in [5.74, 6) is 3.61. The van der Waals surface area contributed by atoms with Crippen LogP contribution in [-0.4, -0.2) is 16.5 Å². The maximum atomic E-state index is 6.04. The van der Waals surface area contributed by atoms with E-state index in [4.69, 9.17) is 21.8 Å². The predicted octanol–water partition coefficient (Wildman–Crippen LogP) is 3.85. The first-order valence-electron chi connectivity index (χ1n) is 7.72. The van der Waals surface area contributed by atoms with Crippen LogP contribution in [0.5, 0.6) is 0 Å². The van der Waals surface area contributed by atoms with Gasteiger partial charge in [-0.15, -0.1) is 0 Å². The smallest absolute Gasteiger partial charge is 0.223 e.